The summed E-state index contributed by atoms with van der Waals surface area (Å²) >= 11 is 0. The topological polar surface area (TPSA) is 84.6 Å². The molecule has 0 spiro atoms. The first kappa shape index (κ1) is 13.7. The maximum Gasteiger partial charge on any atom is 0.271 e. The van der Waals surface area contributed by atoms with Crippen LogP contribution in [0.25, 0.3) is 0 Å². The second-order valence-corrected chi connectivity index (χ2v) is 5.86. The van der Waals surface area contributed by atoms with Gasteiger partial charge >= 0.3 is 0 Å². The number of rotatable bonds is 4. The molecule has 2 fully saturated rings. The number of non-ortho nitro benzene ring substituents is 1. The van der Waals surface area contributed by atoms with E-state index < -0.39 is 4.92 Å². The van der Waals surface area contributed by atoms with Crippen molar-refractivity contribution < 1.29 is 9.72 Å². The van der Waals surface area contributed by atoms with Crippen molar-refractivity contribution in [3.63, 3.8) is 0 Å². The number of carbonyl (C=O) groups is 1. The Hall–Kier alpha value is -2.24. The highest BCUT2D eigenvalue weighted by atomic mass is 16.6. The molecule has 0 aromatic heterocycles. The maximum absolute atomic E-state index is 11.9. The van der Waals surface area contributed by atoms with Crippen LogP contribution in [0.3, 0.4) is 0 Å². The minimum atomic E-state index is -0.491. The van der Waals surface area contributed by atoms with Gasteiger partial charge in [0.2, 0.25) is 0 Å². The summed E-state index contributed by atoms with van der Waals surface area (Å²) in [5.41, 5.74) is 2.83. The second kappa shape index (κ2) is 5.63. The molecule has 1 amide bonds. The van der Waals surface area contributed by atoms with Gasteiger partial charge in [0.15, 0.2) is 0 Å². The Morgan fingerprint density at radius 2 is 2.05 bits per heavy atom. The summed E-state index contributed by atoms with van der Waals surface area (Å²) in [6, 6.07) is 5.49. The van der Waals surface area contributed by atoms with E-state index in [4.69, 9.17) is 0 Å². The second-order valence-electron chi connectivity index (χ2n) is 5.86. The van der Waals surface area contributed by atoms with E-state index in [0.29, 0.717) is 11.5 Å². The number of nitrogens with zero attached hydrogens (tertiary/aromatic N) is 2. The van der Waals surface area contributed by atoms with Crippen LogP contribution in [0.2, 0.25) is 0 Å². The average Bonchev–Trinajstić information content (AvgIpc) is 3.10. The van der Waals surface area contributed by atoms with Crippen LogP contribution in [0, 0.1) is 27.9 Å². The van der Waals surface area contributed by atoms with Crippen molar-refractivity contribution >= 4 is 17.8 Å². The first-order valence-electron chi connectivity index (χ1n) is 7.21. The largest absolute Gasteiger partial charge is 0.271 e. The van der Waals surface area contributed by atoms with Crippen molar-refractivity contribution in [3.05, 3.63) is 39.9 Å². The van der Waals surface area contributed by atoms with Crippen LogP contribution in [0.15, 0.2) is 29.4 Å². The van der Waals surface area contributed by atoms with Gasteiger partial charge in [-0.15, -0.1) is 0 Å². The predicted octanol–water partition coefficient (Wildman–Crippen LogP) is 2.75. The van der Waals surface area contributed by atoms with E-state index >= 15 is 0 Å². The Morgan fingerprint density at radius 1 is 1.29 bits per heavy atom. The Balaban J connectivity index is 1.55. The van der Waals surface area contributed by atoms with E-state index in [1.165, 1.54) is 49.9 Å². The van der Waals surface area contributed by atoms with E-state index in [1.807, 2.05) is 6.21 Å². The van der Waals surface area contributed by atoms with Crippen LogP contribution < -0.4 is 5.43 Å². The van der Waals surface area contributed by atoms with Gasteiger partial charge in [0, 0.05) is 23.9 Å². The number of nitrogens with one attached hydrogen (secondary N) is 1. The molecule has 2 saturated carbocycles. The standard InChI is InChI=1S/C15H17N3O3/c19-15(11-3-5-14(6-4-11)18(20)21)17-16-9-13-8-10-1-2-12(13)7-10/h3-6,9-10,12-13H,1-2,7-8H2,(H,17,19)/b16-9-/t10-,12+,13-/m0/s1. The zero-order valence-electron chi connectivity index (χ0n) is 11.6. The lowest BCUT2D eigenvalue weighted by molar-refractivity contribution is -0.384. The Labute approximate surface area is 122 Å². The van der Waals surface area contributed by atoms with E-state index in [9.17, 15) is 14.9 Å². The molecule has 0 radical (unpaired) electrons. The number of hydrazone groups is 1. The Bertz CT molecular complexity index is 582. The van der Waals surface area contributed by atoms with Crippen LogP contribution in [0.4, 0.5) is 5.69 Å². The smallest absolute Gasteiger partial charge is 0.267 e. The van der Waals surface area contributed by atoms with Crippen LogP contribution >= 0.6 is 0 Å². The molecule has 2 aliphatic rings. The van der Waals surface area contributed by atoms with E-state index in [0.717, 1.165) is 11.8 Å². The zero-order valence-corrected chi connectivity index (χ0v) is 11.6. The maximum atomic E-state index is 11.9. The first-order valence-corrected chi connectivity index (χ1v) is 7.21. The fraction of sp³-hybridized carbons (Fsp3) is 0.467. The number of nitro groups is 1. The lowest BCUT2D eigenvalue weighted by Gasteiger charge is -2.16. The normalized spacial score (nSPS) is 27.1. The summed E-state index contributed by atoms with van der Waals surface area (Å²) in [4.78, 5) is 21.9. The molecule has 6 nitrogen and oxygen atoms in total. The third-order valence-electron chi connectivity index (χ3n) is 4.57. The fourth-order valence-electron chi connectivity index (χ4n) is 3.47. The van der Waals surface area contributed by atoms with Crippen molar-refractivity contribution in [1.29, 1.82) is 0 Å². The summed E-state index contributed by atoms with van der Waals surface area (Å²) in [5.74, 6) is 1.72. The van der Waals surface area contributed by atoms with Crippen molar-refractivity contribution in [2.24, 2.45) is 22.9 Å². The molecule has 0 heterocycles. The SMILES string of the molecule is O=C(N/N=C\[C@@H]1C[C@H]2CC[C@@H]1C2)c1ccc([N+](=O)[O-])cc1. The molecule has 0 aliphatic heterocycles. The molecule has 6 heteroatoms. The van der Waals surface area contributed by atoms with Crippen LogP contribution in [0.5, 0.6) is 0 Å². The lowest BCUT2D eigenvalue weighted by atomic mass is 9.90. The van der Waals surface area contributed by atoms with E-state index in [-0.39, 0.29) is 11.6 Å². The van der Waals surface area contributed by atoms with Crippen LogP contribution in [-0.4, -0.2) is 17.0 Å². The van der Waals surface area contributed by atoms with Gasteiger partial charge in [-0.1, -0.05) is 6.42 Å². The number of hydrogen-bond donors (Lipinski definition) is 1. The third kappa shape index (κ3) is 2.94. The summed E-state index contributed by atoms with van der Waals surface area (Å²) in [5, 5.41) is 14.6. The molecule has 1 aromatic carbocycles. The Kier molecular flexibility index (Phi) is 3.68. The molecule has 21 heavy (non-hydrogen) atoms. The number of nitro benzene ring substituents is 1. The number of amides is 1. The van der Waals surface area contributed by atoms with Gasteiger partial charge in [0.25, 0.3) is 11.6 Å². The van der Waals surface area contributed by atoms with Crippen molar-refractivity contribution in [3.8, 4) is 0 Å². The molecule has 2 aliphatic carbocycles. The van der Waals surface area contributed by atoms with E-state index in [1.54, 1.807) is 0 Å². The zero-order chi connectivity index (χ0) is 14.8. The van der Waals surface area contributed by atoms with Gasteiger partial charge in [0.05, 0.1) is 4.92 Å². The highest BCUT2D eigenvalue weighted by molar-refractivity contribution is 5.94. The molecule has 3 rings (SSSR count). The molecule has 1 N–H and O–H groups in total. The van der Waals surface area contributed by atoms with Crippen LogP contribution in [0.1, 0.15) is 36.0 Å². The van der Waals surface area contributed by atoms with Gasteiger partial charge in [-0.3, -0.25) is 14.9 Å². The first-order chi connectivity index (χ1) is 10.1. The molecule has 1 aromatic rings. The highest BCUT2D eigenvalue weighted by Gasteiger charge is 2.38. The highest BCUT2D eigenvalue weighted by Crippen LogP contribution is 2.47. The van der Waals surface area contributed by atoms with Crippen molar-refractivity contribution in [1.82, 2.24) is 5.43 Å². The van der Waals surface area contributed by atoms with Gasteiger partial charge < -0.3 is 0 Å². The molecule has 0 saturated heterocycles. The van der Waals surface area contributed by atoms with Crippen molar-refractivity contribution in [2.45, 2.75) is 25.7 Å². The molecular weight excluding hydrogens is 270 g/mol. The van der Waals surface area contributed by atoms with E-state index in [2.05, 4.69) is 10.5 Å². The predicted molar refractivity (Wildman–Crippen MR) is 78.0 cm³/mol. The van der Waals surface area contributed by atoms with Crippen molar-refractivity contribution in [2.75, 3.05) is 0 Å². The number of carbonyl (C=O) groups excluding carboxylic acids is 1. The third-order valence-corrected chi connectivity index (χ3v) is 4.57. The molecule has 110 valence electrons. The fourth-order valence-corrected chi connectivity index (χ4v) is 3.47. The number of hydrogen-bond acceptors (Lipinski definition) is 4. The minimum absolute atomic E-state index is 0.0305. The molecular formula is C15H17N3O3. The lowest BCUT2D eigenvalue weighted by Crippen LogP contribution is -2.20. The minimum Gasteiger partial charge on any atom is -0.267 e. The van der Waals surface area contributed by atoms with Gasteiger partial charge in [0.1, 0.15) is 0 Å². The van der Waals surface area contributed by atoms with Crippen LogP contribution in [-0.2, 0) is 0 Å². The van der Waals surface area contributed by atoms with Gasteiger partial charge in [-0.2, -0.15) is 5.10 Å². The van der Waals surface area contributed by atoms with Gasteiger partial charge in [-0.05, 0) is 49.1 Å². The Morgan fingerprint density at radius 3 is 2.62 bits per heavy atom. The molecule has 0 unspecified atom stereocenters. The number of benzene rings is 1. The summed E-state index contributed by atoms with van der Waals surface area (Å²) in [7, 11) is 0. The average molecular weight is 287 g/mol. The monoisotopic (exact) mass is 287 g/mol. The van der Waals surface area contributed by atoms with Gasteiger partial charge in [-0.25, -0.2) is 5.43 Å². The summed E-state index contributed by atoms with van der Waals surface area (Å²) < 4.78 is 0. The molecule has 3 atom stereocenters. The summed E-state index contributed by atoms with van der Waals surface area (Å²) in [6.45, 7) is 0. The molecule has 2 bridgehead atoms. The summed E-state index contributed by atoms with van der Waals surface area (Å²) in [6.07, 6.45) is 6.95. The number of fused-ring (bicyclic) bond motifs is 2. The quantitative estimate of drug-likeness (QED) is 0.525.